The standard InChI is InChI=1S/C12H13Br2F3O2/c1-7-3-11(18-2)8(4-9(7)13)10(14)5-19-6-12(15,16)17/h3-4,10H,5-6H2,1-2H3. The summed E-state index contributed by atoms with van der Waals surface area (Å²) in [5.74, 6) is 0.609. The Bertz CT molecular complexity index is 436. The summed E-state index contributed by atoms with van der Waals surface area (Å²) >= 11 is 6.69. The van der Waals surface area contributed by atoms with E-state index in [2.05, 4.69) is 36.6 Å². The first kappa shape index (κ1) is 16.8. The minimum Gasteiger partial charge on any atom is -0.496 e. The lowest BCUT2D eigenvalue weighted by Crippen LogP contribution is -2.18. The van der Waals surface area contributed by atoms with Gasteiger partial charge in [0.2, 0.25) is 0 Å². The van der Waals surface area contributed by atoms with Gasteiger partial charge in [0.1, 0.15) is 12.4 Å². The Kier molecular flexibility index (Phi) is 6.14. The van der Waals surface area contributed by atoms with Crippen LogP contribution in [-0.4, -0.2) is 26.5 Å². The van der Waals surface area contributed by atoms with Crippen LogP contribution in [-0.2, 0) is 4.74 Å². The van der Waals surface area contributed by atoms with Gasteiger partial charge in [0, 0.05) is 10.0 Å². The van der Waals surface area contributed by atoms with Crippen molar-refractivity contribution in [1.29, 1.82) is 0 Å². The molecule has 0 radical (unpaired) electrons. The van der Waals surface area contributed by atoms with Gasteiger partial charge in [-0.15, -0.1) is 0 Å². The molecule has 0 aliphatic rings. The summed E-state index contributed by atoms with van der Waals surface area (Å²) in [5, 5.41) is 0. The van der Waals surface area contributed by atoms with Crippen LogP contribution in [0.5, 0.6) is 5.75 Å². The lowest BCUT2D eigenvalue weighted by Gasteiger charge is -2.16. The maximum Gasteiger partial charge on any atom is 0.411 e. The van der Waals surface area contributed by atoms with E-state index in [1.807, 2.05) is 19.1 Å². The van der Waals surface area contributed by atoms with Gasteiger partial charge in [0.05, 0.1) is 18.5 Å². The van der Waals surface area contributed by atoms with E-state index < -0.39 is 12.8 Å². The molecule has 0 fully saturated rings. The Morgan fingerprint density at radius 2 is 1.95 bits per heavy atom. The van der Waals surface area contributed by atoms with E-state index in [-0.39, 0.29) is 11.4 Å². The number of alkyl halides is 4. The Hall–Kier alpha value is -0.270. The molecule has 1 unspecified atom stereocenters. The molecule has 0 saturated carbocycles. The van der Waals surface area contributed by atoms with E-state index in [0.717, 1.165) is 15.6 Å². The van der Waals surface area contributed by atoms with E-state index in [4.69, 9.17) is 4.74 Å². The van der Waals surface area contributed by atoms with Crippen molar-refractivity contribution >= 4 is 31.9 Å². The normalized spacial score (nSPS) is 13.4. The predicted octanol–water partition coefficient (Wildman–Crippen LogP) is 4.78. The predicted molar refractivity (Wildman–Crippen MR) is 74.0 cm³/mol. The molecule has 0 N–H and O–H groups in total. The second-order valence-electron chi connectivity index (χ2n) is 3.94. The van der Waals surface area contributed by atoms with Gasteiger partial charge in [-0.05, 0) is 24.6 Å². The van der Waals surface area contributed by atoms with Gasteiger partial charge >= 0.3 is 6.18 Å². The number of methoxy groups -OCH3 is 1. The summed E-state index contributed by atoms with van der Waals surface area (Å²) in [6, 6.07) is 3.63. The summed E-state index contributed by atoms with van der Waals surface area (Å²) in [6.07, 6.45) is -4.31. The lowest BCUT2D eigenvalue weighted by molar-refractivity contribution is -0.173. The molecular weight excluding hydrogens is 393 g/mol. The minimum absolute atomic E-state index is 0.0919. The van der Waals surface area contributed by atoms with E-state index in [9.17, 15) is 13.2 Å². The van der Waals surface area contributed by atoms with Crippen molar-refractivity contribution in [2.45, 2.75) is 17.9 Å². The van der Waals surface area contributed by atoms with Gasteiger partial charge < -0.3 is 9.47 Å². The molecule has 0 bridgehead atoms. The highest BCUT2D eigenvalue weighted by atomic mass is 79.9. The topological polar surface area (TPSA) is 18.5 Å². The molecule has 0 aliphatic carbocycles. The fourth-order valence-corrected chi connectivity index (χ4v) is 2.37. The molecule has 2 nitrogen and oxygen atoms in total. The molecule has 108 valence electrons. The maximum atomic E-state index is 12.0. The number of aryl methyl sites for hydroxylation is 1. The molecule has 0 aliphatic heterocycles. The van der Waals surface area contributed by atoms with Crippen molar-refractivity contribution in [3.05, 3.63) is 27.7 Å². The van der Waals surface area contributed by atoms with Gasteiger partial charge in [0.15, 0.2) is 0 Å². The van der Waals surface area contributed by atoms with Crippen LogP contribution >= 0.6 is 31.9 Å². The van der Waals surface area contributed by atoms with E-state index >= 15 is 0 Å². The average Bonchev–Trinajstić information content (AvgIpc) is 2.30. The monoisotopic (exact) mass is 404 g/mol. The number of rotatable bonds is 5. The highest BCUT2D eigenvalue weighted by molar-refractivity contribution is 9.10. The van der Waals surface area contributed by atoms with Gasteiger partial charge in [-0.25, -0.2) is 0 Å². The number of ether oxygens (including phenoxy) is 2. The molecule has 0 heterocycles. The van der Waals surface area contributed by atoms with Crippen LogP contribution < -0.4 is 4.74 Å². The molecule has 0 saturated heterocycles. The molecule has 19 heavy (non-hydrogen) atoms. The van der Waals surface area contributed by atoms with Gasteiger partial charge in [0.25, 0.3) is 0 Å². The molecule has 0 aromatic heterocycles. The summed E-state index contributed by atoms with van der Waals surface area (Å²) in [4.78, 5) is -0.373. The van der Waals surface area contributed by atoms with Crippen molar-refractivity contribution < 1.29 is 22.6 Å². The second-order valence-corrected chi connectivity index (χ2v) is 5.90. The molecule has 0 amide bonds. The van der Waals surface area contributed by atoms with Crippen molar-refractivity contribution in [1.82, 2.24) is 0 Å². The van der Waals surface area contributed by atoms with Gasteiger partial charge in [-0.1, -0.05) is 31.9 Å². The smallest absolute Gasteiger partial charge is 0.411 e. The third-order valence-corrected chi connectivity index (χ3v) is 3.99. The highest BCUT2D eigenvalue weighted by Gasteiger charge is 2.28. The van der Waals surface area contributed by atoms with Crippen molar-refractivity contribution in [3.63, 3.8) is 0 Å². The van der Waals surface area contributed by atoms with Crippen molar-refractivity contribution in [2.75, 3.05) is 20.3 Å². The van der Waals surface area contributed by atoms with E-state index in [0.29, 0.717) is 5.75 Å². The summed E-state index contributed by atoms with van der Waals surface area (Å²) in [5.41, 5.74) is 1.72. The van der Waals surface area contributed by atoms with Crippen molar-refractivity contribution in [2.24, 2.45) is 0 Å². The van der Waals surface area contributed by atoms with Crippen LogP contribution in [0.4, 0.5) is 13.2 Å². The SMILES string of the molecule is COc1cc(C)c(Br)cc1C(Br)COCC(F)(F)F. The third kappa shape index (κ3) is 5.31. The van der Waals surface area contributed by atoms with Crippen LogP contribution in [0.3, 0.4) is 0 Å². The Labute approximate surface area is 126 Å². The molecule has 1 aromatic rings. The zero-order valence-corrected chi connectivity index (χ0v) is 13.5. The third-order valence-electron chi connectivity index (χ3n) is 2.38. The molecule has 0 spiro atoms. The molecule has 7 heteroatoms. The maximum absolute atomic E-state index is 12.0. The van der Waals surface area contributed by atoms with Crippen LogP contribution in [0.25, 0.3) is 0 Å². The molecule has 1 atom stereocenters. The first-order valence-corrected chi connectivity index (χ1v) is 7.08. The van der Waals surface area contributed by atoms with E-state index in [1.165, 1.54) is 7.11 Å². The first-order chi connectivity index (χ1) is 8.74. The molecule has 1 rings (SSSR count). The van der Waals surface area contributed by atoms with Crippen LogP contribution in [0.15, 0.2) is 16.6 Å². The summed E-state index contributed by atoms with van der Waals surface area (Å²) in [6.45, 7) is 0.551. The fraction of sp³-hybridized carbons (Fsp3) is 0.500. The average molecular weight is 406 g/mol. The summed E-state index contributed by atoms with van der Waals surface area (Å²) in [7, 11) is 1.52. The van der Waals surface area contributed by atoms with Crippen molar-refractivity contribution in [3.8, 4) is 5.75 Å². The Balaban J connectivity index is 2.76. The van der Waals surface area contributed by atoms with E-state index in [1.54, 1.807) is 0 Å². The fourth-order valence-electron chi connectivity index (χ4n) is 1.46. The zero-order chi connectivity index (χ0) is 14.6. The minimum atomic E-state index is -4.31. The quantitative estimate of drug-likeness (QED) is 0.656. The van der Waals surface area contributed by atoms with Crippen LogP contribution in [0.1, 0.15) is 16.0 Å². The van der Waals surface area contributed by atoms with Crippen LogP contribution in [0, 0.1) is 6.92 Å². The molecule has 1 aromatic carbocycles. The molecular formula is C12H13Br2F3O2. The highest BCUT2D eigenvalue weighted by Crippen LogP contribution is 2.35. The Morgan fingerprint density at radius 3 is 2.47 bits per heavy atom. The number of benzene rings is 1. The number of hydrogen-bond donors (Lipinski definition) is 0. The van der Waals surface area contributed by atoms with Gasteiger partial charge in [-0.3, -0.25) is 0 Å². The van der Waals surface area contributed by atoms with Gasteiger partial charge in [-0.2, -0.15) is 13.2 Å². The number of halogens is 5. The first-order valence-electron chi connectivity index (χ1n) is 5.37. The van der Waals surface area contributed by atoms with Crippen LogP contribution in [0.2, 0.25) is 0 Å². The lowest BCUT2D eigenvalue weighted by atomic mass is 10.1. The number of hydrogen-bond acceptors (Lipinski definition) is 2. The largest absolute Gasteiger partial charge is 0.496 e. The second kappa shape index (κ2) is 6.95. The summed E-state index contributed by atoms with van der Waals surface area (Å²) < 4.78 is 46.7. The zero-order valence-electron chi connectivity index (χ0n) is 10.4. The Morgan fingerprint density at radius 1 is 1.32 bits per heavy atom.